The molecule has 0 heterocycles. The SMILES string of the molecule is CNC(COC1CCC(C)CC1)c1cc(C)ccc1OC. The van der Waals surface area contributed by atoms with Crippen LogP contribution in [0.1, 0.15) is 49.8 Å². The maximum absolute atomic E-state index is 6.16. The minimum absolute atomic E-state index is 0.180. The van der Waals surface area contributed by atoms with Crippen LogP contribution in [0.25, 0.3) is 0 Å². The highest BCUT2D eigenvalue weighted by Crippen LogP contribution is 2.29. The van der Waals surface area contributed by atoms with E-state index in [1.54, 1.807) is 7.11 Å². The molecule has 1 aliphatic rings. The molecular formula is C18H29NO2. The van der Waals surface area contributed by atoms with Gasteiger partial charge in [-0.2, -0.15) is 0 Å². The molecule has 3 heteroatoms. The van der Waals surface area contributed by atoms with E-state index in [4.69, 9.17) is 9.47 Å². The molecule has 0 amide bonds. The highest BCUT2D eigenvalue weighted by atomic mass is 16.5. The van der Waals surface area contributed by atoms with Crippen LogP contribution < -0.4 is 10.1 Å². The summed E-state index contributed by atoms with van der Waals surface area (Å²) in [6.07, 6.45) is 5.41. The average molecular weight is 291 g/mol. The topological polar surface area (TPSA) is 30.5 Å². The average Bonchev–Trinajstić information content (AvgIpc) is 2.50. The van der Waals surface area contributed by atoms with Gasteiger partial charge in [0.05, 0.1) is 25.9 Å². The third-order valence-electron chi connectivity index (χ3n) is 4.57. The van der Waals surface area contributed by atoms with E-state index >= 15 is 0 Å². The summed E-state index contributed by atoms with van der Waals surface area (Å²) in [5, 5.41) is 3.36. The minimum atomic E-state index is 0.180. The first-order chi connectivity index (χ1) is 10.1. The van der Waals surface area contributed by atoms with Crippen molar-refractivity contribution in [3.05, 3.63) is 29.3 Å². The third-order valence-corrected chi connectivity index (χ3v) is 4.57. The fourth-order valence-electron chi connectivity index (χ4n) is 3.08. The van der Waals surface area contributed by atoms with Crippen LogP contribution in [0.5, 0.6) is 5.75 Å². The van der Waals surface area contributed by atoms with Gasteiger partial charge in [0, 0.05) is 5.56 Å². The molecule has 1 aromatic carbocycles. The Morgan fingerprint density at radius 2 is 1.95 bits per heavy atom. The lowest BCUT2D eigenvalue weighted by Gasteiger charge is -2.28. The summed E-state index contributed by atoms with van der Waals surface area (Å²) in [4.78, 5) is 0. The van der Waals surface area contributed by atoms with Crippen LogP contribution in [0, 0.1) is 12.8 Å². The summed E-state index contributed by atoms with van der Waals surface area (Å²) in [6.45, 7) is 5.15. The second-order valence-corrected chi connectivity index (χ2v) is 6.30. The van der Waals surface area contributed by atoms with Gasteiger partial charge in [-0.15, -0.1) is 0 Å². The highest BCUT2D eigenvalue weighted by Gasteiger charge is 2.21. The number of hydrogen-bond donors (Lipinski definition) is 1. The van der Waals surface area contributed by atoms with Crippen LogP contribution in [0.2, 0.25) is 0 Å². The second kappa shape index (κ2) is 7.81. The first-order valence-corrected chi connectivity index (χ1v) is 8.07. The molecule has 1 aromatic rings. The largest absolute Gasteiger partial charge is 0.496 e. The van der Waals surface area contributed by atoms with Gasteiger partial charge in [0.25, 0.3) is 0 Å². The van der Waals surface area contributed by atoms with Crippen LogP contribution >= 0.6 is 0 Å². The van der Waals surface area contributed by atoms with Crippen molar-refractivity contribution in [3.8, 4) is 5.75 Å². The second-order valence-electron chi connectivity index (χ2n) is 6.30. The summed E-state index contributed by atoms with van der Waals surface area (Å²) in [7, 11) is 3.71. The number of methoxy groups -OCH3 is 1. The quantitative estimate of drug-likeness (QED) is 0.863. The van der Waals surface area contributed by atoms with Gasteiger partial charge in [-0.1, -0.05) is 24.6 Å². The zero-order chi connectivity index (χ0) is 15.2. The molecule has 1 aliphatic carbocycles. The van der Waals surface area contributed by atoms with E-state index in [1.165, 1.54) is 36.8 Å². The van der Waals surface area contributed by atoms with E-state index in [0.29, 0.717) is 12.7 Å². The van der Waals surface area contributed by atoms with Crippen molar-refractivity contribution in [2.24, 2.45) is 5.92 Å². The molecule has 1 N–H and O–H groups in total. The monoisotopic (exact) mass is 291 g/mol. The van der Waals surface area contributed by atoms with Crippen molar-refractivity contribution in [3.63, 3.8) is 0 Å². The molecule has 2 rings (SSSR count). The van der Waals surface area contributed by atoms with Gasteiger partial charge in [0.15, 0.2) is 0 Å². The molecule has 0 aromatic heterocycles. The Morgan fingerprint density at radius 1 is 1.24 bits per heavy atom. The maximum Gasteiger partial charge on any atom is 0.123 e. The molecule has 1 fully saturated rings. The van der Waals surface area contributed by atoms with E-state index in [0.717, 1.165) is 11.7 Å². The van der Waals surface area contributed by atoms with Crippen LogP contribution in [-0.4, -0.2) is 26.9 Å². The summed E-state index contributed by atoms with van der Waals surface area (Å²) in [5.41, 5.74) is 2.43. The number of likely N-dealkylation sites (N-methyl/N-ethyl adjacent to an activating group) is 1. The van der Waals surface area contributed by atoms with Crippen molar-refractivity contribution in [2.75, 3.05) is 20.8 Å². The van der Waals surface area contributed by atoms with Gasteiger partial charge in [-0.25, -0.2) is 0 Å². The Bertz CT molecular complexity index is 439. The zero-order valence-corrected chi connectivity index (χ0v) is 13.8. The molecule has 3 nitrogen and oxygen atoms in total. The molecule has 118 valence electrons. The van der Waals surface area contributed by atoms with Crippen molar-refractivity contribution in [1.82, 2.24) is 5.32 Å². The van der Waals surface area contributed by atoms with Crippen LogP contribution in [0.4, 0.5) is 0 Å². The van der Waals surface area contributed by atoms with Crippen molar-refractivity contribution in [1.29, 1.82) is 0 Å². The Balaban J connectivity index is 1.98. The zero-order valence-electron chi connectivity index (χ0n) is 13.8. The molecule has 0 bridgehead atoms. The summed E-state index contributed by atoms with van der Waals surface area (Å²) in [5.74, 6) is 1.79. The van der Waals surface area contributed by atoms with Crippen LogP contribution in [-0.2, 0) is 4.74 Å². The van der Waals surface area contributed by atoms with Crippen LogP contribution in [0.15, 0.2) is 18.2 Å². The summed E-state index contributed by atoms with van der Waals surface area (Å²) < 4.78 is 11.7. The van der Waals surface area contributed by atoms with E-state index < -0.39 is 0 Å². The molecule has 1 atom stereocenters. The predicted molar refractivity (Wildman–Crippen MR) is 86.9 cm³/mol. The Morgan fingerprint density at radius 3 is 2.57 bits per heavy atom. The standard InChI is InChI=1S/C18H29NO2/c1-13-5-8-15(9-6-13)21-12-17(19-3)16-11-14(2)7-10-18(16)20-4/h7,10-11,13,15,17,19H,5-6,8-9,12H2,1-4H3. The minimum Gasteiger partial charge on any atom is -0.496 e. The lowest BCUT2D eigenvalue weighted by atomic mass is 9.89. The molecule has 0 saturated heterocycles. The van der Waals surface area contributed by atoms with Crippen molar-refractivity contribution < 1.29 is 9.47 Å². The third kappa shape index (κ3) is 4.45. The number of nitrogens with one attached hydrogen (secondary N) is 1. The Hall–Kier alpha value is -1.06. The molecule has 1 unspecified atom stereocenters. The molecule has 0 aliphatic heterocycles. The number of aryl methyl sites for hydroxylation is 1. The predicted octanol–water partition coefficient (Wildman–Crippen LogP) is 3.86. The molecule has 0 radical (unpaired) electrons. The summed E-state index contributed by atoms with van der Waals surface area (Å²) >= 11 is 0. The van der Waals surface area contributed by atoms with Crippen molar-refractivity contribution >= 4 is 0 Å². The molecule has 0 spiro atoms. The first kappa shape index (κ1) is 16.3. The lowest BCUT2D eigenvalue weighted by molar-refractivity contribution is 0.00855. The molecular weight excluding hydrogens is 262 g/mol. The van der Waals surface area contributed by atoms with E-state index in [2.05, 4.69) is 31.3 Å². The van der Waals surface area contributed by atoms with Crippen LogP contribution in [0.3, 0.4) is 0 Å². The summed E-state index contributed by atoms with van der Waals surface area (Å²) in [6, 6.07) is 6.49. The number of rotatable bonds is 6. The smallest absolute Gasteiger partial charge is 0.123 e. The first-order valence-electron chi connectivity index (χ1n) is 8.07. The van der Waals surface area contributed by atoms with Gasteiger partial charge in [0.2, 0.25) is 0 Å². The number of ether oxygens (including phenoxy) is 2. The normalized spacial score (nSPS) is 23.8. The number of hydrogen-bond acceptors (Lipinski definition) is 3. The van der Waals surface area contributed by atoms with Crippen molar-refractivity contribution in [2.45, 2.75) is 51.7 Å². The Kier molecular flexibility index (Phi) is 6.07. The van der Waals surface area contributed by atoms with Gasteiger partial charge >= 0.3 is 0 Å². The Labute approximate surface area is 129 Å². The van der Waals surface area contributed by atoms with E-state index in [9.17, 15) is 0 Å². The fourth-order valence-corrected chi connectivity index (χ4v) is 3.08. The van der Waals surface area contributed by atoms with Gasteiger partial charge < -0.3 is 14.8 Å². The van der Waals surface area contributed by atoms with Gasteiger partial charge in [-0.05, 0) is 51.6 Å². The number of benzene rings is 1. The molecule has 1 saturated carbocycles. The fraction of sp³-hybridized carbons (Fsp3) is 0.667. The molecule has 21 heavy (non-hydrogen) atoms. The highest BCUT2D eigenvalue weighted by molar-refractivity contribution is 5.39. The van der Waals surface area contributed by atoms with Gasteiger partial charge in [-0.3, -0.25) is 0 Å². The maximum atomic E-state index is 6.16. The van der Waals surface area contributed by atoms with E-state index in [-0.39, 0.29) is 6.04 Å². The lowest BCUT2D eigenvalue weighted by Crippen LogP contribution is -2.27. The van der Waals surface area contributed by atoms with Gasteiger partial charge in [0.1, 0.15) is 5.75 Å². The van der Waals surface area contributed by atoms with E-state index in [1.807, 2.05) is 13.1 Å².